The Balaban J connectivity index is 1.66. The molecule has 0 spiro atoms. The average Bonchev–Trinajstić information content (AvgIpc) is 2.98. The van der Waals surface area contributed by atoms with E-state index in [1.54, 1.807) is 19.3 Å². The molecule has 3 heterocycles. The fourth-order valence-electron chi connectivity index (χ4n) is 3.49. The molecule has 1 atom stereocenters. The number of likely N-dealkylation sites (N-methyl/N-ethyl adjacent to an activating group) is 1. The second-order valence-corrected chi connectivity index (χ2v) is 8.86. The average molecular weight is 394 g/mol. The molecule has 3 aromatic rings. The number of sulfonamides is 1. The van der Waals surface area contributed by atoms with E-state index < -0.39 is 15.8 Å². The van der Waals surface area contributed by atoms with Crippen molar-refractivity contribution in [3.8, 4) is 0 Å². The number of fused-ring (bicyclic) bond motifs is 3. The van der Waals surface area contributed by atoms with Crippen LogP contribution in [0.3, 0.4) is 0 Å². The van der Waals surface area contributed by atoms with E-state index in [1.165, 1.54) is 16.4 Å². The van der Waals surface area contributed by atoms with Gasteiger partial charge in [-0.05, 0) is 49.2 Å². The zero-order chi connectivity index (χ0) is 18.5. The first-order chi connectivity index (χ1) is 12.4. The van der Waals surface area contributed by atoms with Crippen molar-refractivity contribution in [2.24, 2.45) is 0 Å². The minimum Gasteiger partial charge on any atom is -0.343 e. The van der Waals surface area contributed by atoms with Crippen LogP contribution in [-0.4, -0.2) is 35.4 Å². The molecule has 1 aliphatic heterocycles. The molecule has 4 rings (SSSR count). The third-order valence-electron chi connectivity index (χ3n) is 4.97. The minimum atomic E-state index is -3.69. The van der Waals surface area contributed by atoms with Crippen LogP contribution in [0.25, 0.3) is 10.9 Å². The zero-order valence-corrected chi connectivity index (χ0v) is 15.6. The Kier molecular flexibility index (Phi) is 4.25. The van der Waals surface area contributed by atoms with E-state index in [1.807, 2.05) is 0 Å². The predicted molar refractivity (Wildman–Crippen MR) is 98.2 cm³/mol. The number of aryl methyl sites for hydroxylation is 1. The molecule has 0 N–H and O–H groups in total. The van der Waals surface area contributed by atoms with Crippen LogP contribution < -0.4 is 0 Å². The van der Waals surface area contributed by atoms with Crippen LogP contribution in [0.1, 0.15) is 12.1 Å². The summed E-state index contributed by atoms with van der Waals surface area (Å²) in [7, 11) is -2.11. The second-order valence-electron chi connectivity index (χ2n) is 6.48. The lowest BCUT2D eigenvalue weighted by Gasteiger charge is -2.32. The van der Waals surface area contributed by atoms with E-state index in [4.69, 9.17) is 11.6 Å². The molecule has 0 saturated heterocycles. The van der Waals surface area contributed by atoms with Crippen LogP contribution in [-0.2, 0) is 23.0 Å². The van der Waals surface area contributed by atoms with E-state index in [0.717, 1.165) is 35.2 Å². The van der Waals surface area contributed by atoms with Crippen molar-refractivity contribution in [2.75, 3.05) is 7.05 Å². The van der Waals surface area contributed by atoms with Gasteiger partial charge >= 0.3 is 0 Å². The molecule has 0 radical (unpaired) electrons. The van der Waals surface area contributed by atoms with Gasteiger partial charge in [0.25, 0.3) is 0 Å². The molecule has 5 nitrogen and oxygen atoms in total. The molecule has 8 heteroatoms. The number of hydrogen-bond donors (Lipinski definition) is 0. The molecule has 1 aromatic carbocycles. The molecule has 0 saturated carbocycles. The summed E-state index contributed by atoms with van der Waals surface area (Å²) in [6.45, 7) is 0.538. The largest absolute Gasteiger partial charge is 0.343 e. The summed E-state index contributed by atoms with van der Waals surface area (Å²) in [5.41, 5.74) is 2.10. The fraction of sp³-hybridized carbons (Fsp3) is 0.278. The predicted octanol–water partition coefficient (Wildman–Crippen LogP) is 3.46. The first kappa shape index (κ1) is 17.5. The van der Waals surface area contributed by atoms with Crippen LogP contribution in [0.15, 0.2) is 47.5 Å². The van der Waals surface area contributed by atoms with Crippen molar-refractivity contribution in [2.45, 2.75) is 30.3 Å². The molecule has 136 valence electrons. The van der Waals surface area contributed by atoms with Gasteiger partial charge in [-0.3, -0.25) is 0 Å². The smallest absolute Gasteiger partial charge is 0.243 e. The second kappa shape index (κ2) is 6.33. The molecule has 0 aliphatic carbocycles. The molecule has 2 aromatic heterocycles. The van der Waals surface area contributed by atoms with E-state index >= 15 is 0 Å². The number of pyridine rings is 1. The van der Waals surface area contributed by atoms with E-state index in [9.17, 15) is 12.8 Å². The van der Waals surface area contributed by atoms with Crippen LogP contribution >= 0.6 is 11.6 Å². The van der Waals surface area contributed by atoms with Crippen LogP contribution in [0, 0.1) is 5.82 Å². The first-order valence-electron chi connectivity index (χ1n) is 8.23. The number of nitrogens with zero attached hydrogens (tertiary/aromatic N) is 3. The molecular weight excluding hydrogens is 377 g/mol. The fourth-order valence-corrected chi connectivity index (χ4v) is 5.02. The van der Waals surface area contributed by atoms with Crippen molar-refractivity contribution in [1.29, 1.82) is 0 Å². The van der Waals surface area contributed by atoms with Crippen LogP contribution in [0.5, 0.6) is 0 Å². The Bertz CT molecular complexity index is 1080. The van der Waals surface area contributed by atoms with E-state index in [0.29, 0.717) is 18.1 Å². The molecule has 0 bridgehead atoms. The van der Waals surface area contributed by atoms with Gasteiger partial charge in [-0.15, -0.1) is 0 Å². The summed E-state index contributed by atoms with van der Waals surface area (Å²) >= 11 is 6.02. The maximum atomic E-state index is 13.1. The van der Waals surface area contributed by atoms with Gasteiger partial charge in [0.15, 0.2) is 0 Å². The number of benzene rings is 1. The van der Waals surface area contributed by atoms with Gasteiger partial charge in [-0.2, -0.15) is 4.31 Å². The van der Waals surface area contributed by atoms with Crippen molar-refractivity contribution < 1.29 is 12.8 Å². The highest BCUT2D eigenvalue weighted by atomic mass is 35.5. The van der Waals surface area contributed by atoms with Crippen LogP contribution in [0.4, 0.5) is 4.39 Å². The van der Waals surface area contributed by atoms with Gasteiger partial charge in [-0.1, -0.05) is 11.6 Å². The Labute approximate surface area is 156 Å². The van der Waals surface area contributed by atoms with Gasteiger partial charge < -0.3 is 4.57 Å². The molecular formula is C18H17ClFN3O2S. The van der Waals surface area contributed by atoms with E-state index in [-0.39, 0.29) is 10.9 Å². The Morgan fingerprint density at radius 2 is 2.00 bits per heavy atom. The van der Waals surface area contributed by atoms with E-state index in [2.05, 4.69) is 15.6 Å². The lowest BCUT2D eigenvalue weighted by atomic mass is 10.1. The first-order valence-corrected chi connectivity index (χ1v) is 10.1. The highest BCUT2D eigenvalue weighted by Gasteiger charge is 2.31. The van der Waals surface area contributed by atoms with Crippen molar-refractivity contribution >= 4 is 32.5 Å². The lowest BCUT2D eigenvalue weighted by Crippen LogP contribution is -2.42. The molecule has 26 heavy (non-hydrogen) atoms. The van der Waals surface area contributed by atoms with Crippen molar-refractivity contribution in [3.63, 3.8) is 0 Å². The number of rotatable bonds is 3. The highest BCUT2D eigenvalue weighted by molar-refractivity contribution is 7.89. The Morgan fingerprint density at radius 1 is 1.27 bits per heavy atom. The topological polar surface area (TPSA) is 55.2 Å². The minimum absolute atomic E-state index is 0.0943. The van der Waals surface area contributed by atoms with Gasteiger partial charge in [-0.25, -0.2) is 17.8 Å². The summed E-state index contributed by atoms with van der Waals surface area (Å²) in [6.07, 6.45) is 3.21. The lowest BCUT2D eigenvalue weighted by molar-refractivity contribution is 0.294. The quantitative estimate of drug-likeness (QED) is 0.640. The summed E-state index contributed by atoms with van der Waals surface area (Å²) in [6, 6.07) is 8.60. The Hall–Kier alpha value is -1.96. The molecule has 0 amide bonds. The molecule has 0 fully saturated rings. The SMILES string of the molecule is CN(C1CCc2cc3cnc(Cl)cc3n2C1)S(=O)(=O)c1ccc(F)cc1. The molecule has 1 unspecified atom stereocenters. The van der Waals surface area contributed by atoms with Crippen molar-refractivity contribution in [1.82, 2.24) is 13.9 Å². The number of aromatic nitrogens is 2. The van der Waals surface area contributed by atoms with Gasteiger partial charge in [0.1, 0.15) is 11.0 Å². The third kappa shape index (κ3) is 2.90. The zero-order valence-electron chi connectivity index (χ0n) is 14.1. The van der Waals surface area contributed by atoms with Crippen molar-refractivity contribution in [3.05, 3.63) is 59.3 Å². The molecule has 1 aliphatic rings. The summed E-state index contributed by atoms with van der Waals surface area (Å²) < 4.78 is 42.4. The number of hydrogen-bond acceptors (Lipinski definition) is 3. The van der Waals surface area contributed by atoms with Gasteiger partial charge in [0.2, 0.25) is 10.0 Å². The maximum Gasteiger partial charge on any atom is 0.243 e. The van der Waals surface area contributed by atoms with Crippen LogP contribution in [0.2, 0.25) is 5.15 Å². The normalized spacial score (nSPS) is 17.6. The third-order valence-corrected chi connectivity index (χ3v) is 7.10. The summed E-state index contributed by atoms with van der Waals surface area (Å²) in [4.78, 5) is 4.20. The van der Waals surface area contributed by atoms with Gasteiger partial charge in [0, 0.05) is 36.9 Å². The summed E-state index contributed by atoms with van der Waals surface area (Å²) in [5.74, 6) is -0.460. The standard InChI is InChI=1S/C18H17ClFN3O2S/c1-22(26(24,25)16-6-2-13(20)3-7-16)15-5-4-14-8-12-10-21-18(19)9-17(12)23(14)11-15/h2-3,6-10,15H,4-5,11H2,1H3. The summed E-state index contributed by atoms with van der Waals surface area (Å²) in [5, 5.41) is 1.40. The Morgan fingerprint density at radius 3 is 2.73 bits per heavy atom. The maximum absolute atomic E-state index is 13.1. The number of halogens is 2. The monoisotopic (exact) mass is 393 g/mol. The van der Waals surface area contributed by atoms with Gasteiger partial charge in [0.05, 0.1) is 10.4 Å². The highest BCUT2D eigenvalue weighted by Crippen LogP contribution is 2.29.